The highest BCUT2D eigenvalue weighted by molar-refractivity contribution is 14.0. The molecule has 2 aromatic rings. The number of hydrogen-bond donors (Lipinski definition) is 2. The Bertz CT molecular complexity index is 770. The van der Waals surface area contributed by atoms with Crippen molar-refractivity contribution >= 4 is 53.3 Å². The van der Waals surface area contributed by atoms with E-state index in [-0.39, 0.29) is 36.4 Å². The average molecular weight is 496 g/mol. The van der Waals surface area contributed by atoms with Crippen molar-refractivity contribution in [1.82, 2.24) is 10.6 Å². The standard InChI is InChI=1S/C20H24N4OS.HI/c1-21-20(22-12-14-26-17-8-3-2-4-9-17)23-15-19(25)24-13-11-16-7-5-6-10-18(16)24;/h2-10H,11-15H2,1H3,(H2,21,22,23);1H. The zero-order valence-corrected chi connectivity index (χ0v) is 18.5. The minimum Gasteiger partial charge on any atom is -0.356 e. The van der Waals surface area contributed by atoms with Gasteiger partial charge < -0.3 is 15.5 Å². The largest absolute Gasteiger partial charge is 0.356 e. The van der Waals surface area contributed by atoms with E-state index < -0.39 is 0 Å². The smallest absolute Gasteiger partial charge is 0.246 e. The van der Waals surface area contributed by atoms with Gasteiger partial charge >= 0.3 is 0 Å². The van der Waals surface area contributed by atoms with Crippen molar-refractivity contribution in [2.75, 3.05) is 37.3 Å². The maximum absolute atomic E-state index is 12.5. The molecule has 0 aromatic heterocycles. The zero-order chi connectivity index (χ0) is 18.2. The van der Waals surface area contributed by atoms with E-state index in [0.717, 1.165) is 31.0 Å². The summed E-state index contributed by atoms with van der Waals surface area (Å²) >= 11 is 1.79. The molecule has 7 heteroatoms. The number of halogens is 1. The molecule has 0 saturated carbocycles. The molecule has 3 rings (SSSR count). The summed E-state index contributed by atoms with van der Waals surface area (Å²) in [5, 5.41) is 6.37. The van der Waals surface area contributed by atoms with Gasteiger partial charge in [-0.05, 0) is 30.2 Å². The van der Waals surface area contributed by atoms with Gasteiger partial charge in [0.25, 0.3) is 0 Å². The molecule has 1 aliphatic heterocycles. The van der Waals surface area contributed by atoms with E-state index in [1.54, 1.807) is 18.8 Å². The van der Waals surface area contributed by atoms with Gasteiger partial charge in [-0.1, -0.05) is 36.4 Å². The van der Waals surface area contributed by atoms with E-state index >= 15 is 0 Å². The van der Waals surface area contributed by atoms with Gasteiger partial charge in [0.15, 0.2) is 5.96 Å². The lowest BCUT2D eigenvalue weighted by atomic mass is 10.2. The number of rotatable bonds is 6. The van der Waals surface area contributed by atoms with Crippen molar-refractivity contribution in [2.24, 2.45) is 4.99 Å². The molecule has 0 spiro atoms. The predicted octanol–water partition coefficient (Wildman–Crippen LogP) is 3.15. The number of hydrogen-bond acceptors (Lipinski definition) is 3. The summed E-state index contributed by atoms with van der Waals surface area (Å²) in [6.07, 6.45) is 0.922. The Morgan fingerprint density at radius 1 is 1.11 bits per heavy atom. The van der Waals surface area contributed by atoms with Gasteiger partial charge in [0.1, 0.15) is 0 Å². The molecule has 0 aliphatic carbocycles. The Kier molecular flexibility index (Phi) is 8.93. The Morgan fingerprint density at radius 2 is 1.85 bits per heavy atom. The van der Waals surface area contributed by atoms with Crippen LogP contribution in [-0.4, -0.2) is 44.3 Å². The van der Waals surface area contributed by atoms with Crippen molar-refractivity contribution in [3.8, 4) is 0 Å². The molecule has 2 N–H and O–H groups in total. The van der Waals surface area contributed by atoms with Crippen LogP contribution in [0.15, 0.2) is 64.5 Å². The third-order valence-corrected chi connectivity index (χ3v) is 5.24. The summed E-state index contributed by atoms with van der Waals surface area (Å²) in [6.45, 7) is 1.76. The Hall–Kier alpha value is -1.74. The summed E-state index contributed by atoms with van der Waals surface area (Å²) in [6, 6.07) is 18.4. The summed E-state index contributed by atoms with van der Waals surface area (Å²) < 4.78 is 0. The summed E-state index contributed by atoms with van der Waals surface area (Å²) in [4.78, 5) is 19.8. The first kappa shape index (κ1) is 21.6. The van der Waals surface area contributed by atoms with Crippen LogP contribution < -0.4 is 15.5 Å². The predicted molar refractivity (Wildman–Crippen MR) is 124 cm³/mol. The molecule has 0 atom stereocenters. The molecule has 0 saturated heterocycles. The second-order valence-electron chi connectivity index (χ2n) is 5.94. The van der Waals surface area contributed by atoms with E-state index in [2.05, 4.69) is 33.8 Å². The summed E-state index contributed by atoms with van der Waals surface area (Å²) in [5.41, 5.74) is 2.27. The zero-order valence-electron chi connectivity index (χ0n) is 15.4. The number of aliphatic imine (C=N–C) groups is 1. The molecule has 5 nitrogen and oxygen atoms in total. The normalized spacial score (nSPS) is 12.9. The second kappa shape index (κ2) is 11.2. The van der Waals surface area contributed by atoms with Crippen LogP contribution in [0, 0.1) is 0 Å². The lowest BCUT2D eigenvalue weighted by Gasteiger charge is -2.18. The molecular formula is C20H25IN4OS. The maximum Gasteiger partial charge on any atom is 0.246 e. The van der Waals surface area contributed by atoms with Crippen LogP contribution in [0.2, 0.25) is 0 Å². The van der Waals surface area contributed by atoms with Crippen molar-refractivity contribution in [1.29, 1.82) is 0 Å². The lowest BCUT2D eigenvalue weighted by molar-refractivity contribution is -0.117. The number of benzene rings is 2. The number of nitrogens with one attached hydrogen (secondary N) is 2. The minimum atomic E-state index is 0. The Balaban J connectivity index is 0.00000261. The molecule has 0 radical (unpaired) electrons. The van der Waals surface area contributed by atoms with Crippen LogP contribution in [0.1, 0.15) is 5.56 Å². The average Bonchev–Trinajstić information content (AvgIpc) is 3.12. The van der Waals surface area contributed by atoms with Gasteiger partial charge in [-0.15, -0.1) is 35.7 Å². The molecule has 1 aliphatic rings. The van der Waals surface area contributed by atoms with Crippen molar-refractivity contribution in [3.05, 3.63) is 60.2 Å². The van der Waals surface area contributed by atoms with Gasteiger partial charge in [0, 0.05) is 36.5 Å². The quantitative estimate of drug-likeness (QED) is 0.212. The van der Waals surface area contributed by atoms with E-state index in [1.165, 1.54) is 10.5 Å². The van der Waals surface area contributed by atoms with Crippen LogP contribution in [0.25, 0.3) is 0 Å². The minimum absolute atomic E-state index is 0. The molecule has 0 bridgehead atoms. The van der Waals surface area contributed by atoms with Crippen LogP contribution in [0.4, 0.5) is 5.69 Å². The topological polar surface area (TPSA) is 56.7 Å². The van der Waals surface area contributed by atoms with Gasteiger partial charge in [0.2, 0.25) is 5.91 Å². The fourth-order valence-corrected chi connectivity index (χ4v) is 3.72. The fraction of sp³-hybridized carbons (Fsp3) is 0.300. The van der Waals surface area contributed by atoms with Crippen LogP contribution >= 0.6 is 35.7 Å². The van der Waals surface area contributed by atoms with Crippen LogP contribution in [0.3, 0.4) is 0 Å². The summed E-state index contributed by atoms with van der Waals surface area (Å²) in [5.74, 6) is 1.65. The molecule has 1 amide bonds. The number of amides is 1. The third-order valence-electron chi connectivity index (χ3n) is 4.23. The van der Waals surface area contributed by atoms with Gasteiger partial charge in [-0.25, -0.2) is 0 Å². The first-order chi connectivity index (χ1) is 12.8. The van der Waals surface area contributed by atoms with Crippen molar-refractivity contribution in [3.63, 3.8) is 0 Å². The first-order valence-corrected chi connectivity index (χ1v) is 9.77. The van der Waals surface area contributed by atoms with Crippen molar-refractivity contribution in [2.45, 2.75) is 11.3 Å². The number of carbonyl (C=O) groups is 1. The molecule has 0 unspecified atom stereocenters. The number of thioether (sulfide) groups is 1. The highest BCUT2D eigenvalue weighted by Crippen LogP contribution is 2.27. The summed E-state index contributed by atoms with van der Waals surface area (Å²) in [7, 11) is 1.72. The molecular weight excluding hydrogens is 471 g/mol. The number of fused-ring (bicyclic) bond motifs is 1. The molecule has 27 heavy (non-hydrogen) atoms. The number of para-hydroxylation sites is 1. The highest BCUT2D eigenvalue weighted by atomic mass is 127. The van der Waals surface area contributed by atoms with E-state index in [9.17, 15) is 4.79 Å². The second-order valence-corrected chi connectivity index (χ2v) is 7.11. The van der Waals surface area contributed by atoms with E-state index in [1.807, 2.05) is 41.3 Å². The molecule has 2 aromatic carbocycles. The molecule has 144 valence electrons. The SMILES string of the molecule is CN=C(NCCSc1ccccc1)NCC(=O)N1CCc2ccccc21.I. The molecule has 0 fully saturated rings. The van der Waals surface area contributed by atoms with E-state index in [0.29, 0.717) is 5.96 Å². The lowest BCUT2D eigenvalue weighted by Crippen LogP contribution is -2.44. The maximum atomic E-state index is 12.5. The third kappa shape index (κ3) is 6.14. The number of guanidine groups is 1. The number of carbonyl (C=O) groups excluding carboxylic acids is 1. The fourth-order valence-electron chi connectivity index (χ4n) is 2.93. The first-order valence-electron chi connectivity index (χ1n) is 8.78. The number of nitrogens with zero attached hydrogens (tertiary/aromatic N) is 2. The monoisotopic (exact) mass is 496 g/mol. The Morgan fingerprint density at radius 3 is 2.63 bits per heavy atom. The van der Waals surface area contributed by atoms with Gasteiger partial charge in [-0.3, -0.25) is 9.79 Å². The highest BCUT2D eigenvalue weighted by Gasteiger charge is 2.23. The van der Waals surface area contributed by atoms with Gasteiger partial charge in [0.05, 0.1) is 6.54 Å². The van der Waals surface area contributed by atoms with E-state index in [4.69, 9.17) is 0 Å². The van der Waals surface area contributed by atoms with Crippen LogP contribution in [-0.2, 0) is 11.2 Å². The molecule has 1 heterocycles. The van der Waals surface area contributed by atoms with Crippen LogP contribution in [0.5, 0.6) is 0 Å². The van der Waals surface area contributed by atoms with Gasteiger partial charge in [-0.2, -0.15) is 0 Å². The van der Waals surface area contributed by atoms with Crippen molar-refractivity contribution < 1.29 is 4.79 Å². The number of anilines is 1. The Labute approximate surface area is 182 Å².